The second kappa shape index (κ2) is 11.1. The number of rotatable bonds is 10. The van der Waals surface area contributed by atoms with Crippen molar-refractivity contribution >= 4 is 27.5 Å². The lowest BCUT2D eigenvalue weighted by Gasteiger charge is -2.33. The lowest BCUT2D eigenvalue weighted by Crippen LogP contribution is -2.52. The number of halogens is 1. The summed E-state index contributed by atoms with van der Waals surface area (Å²) in [6, 6.07) is 12.1. The first-order valence-electron chi connectivity index (χ1n) is 10.4. The molecule has 2 aromatic carbocycles. The zero-order chi connectivity index (χ0) is 23.9. The van der Waals surface area contributed by atoms with Gasteiger partial charge in [0, 0.05) is 13.1 Å². The van der Waals surface area contributed by atoms with Crippen LogP contribution in [0.5, 0.6) is 0 Å². The number of para-hydroxylation sites is 1. The van der Waals surface area contributed by atoms with E-state index in [1.807, 2.05) is 31.2 Å². The van der Waals surface area contributed by atoms with Crippen molar-refractivity contribution in [1.29, 1.82) is 0 Å². The fourth-order valence-electron chi connectivity index (χ4n) is 3.47. The van der Waals surface area contributed by atoms with Crippen molar-refractivity contribution in [2.45, 2.75) is 39.8 Å². The van der Waals surface area contributed by atoms with Crippen LogP contribution in [-0.2, 0) is 26.2 Å². The highest BCUT2D eigenvalue weighted by Crippen LogP contribution is 2.22. The van der Waals surface area contributed by atoms with Crippen LogP contribution in [0.4, 0.5) is 10.1 Å². The van der Waals surface area contributed by atoms with Gasteiger partial charge in [-0.05, 0) is 38.0 Å². The van der Waals surface area contributed by atoms with E-state index < -0.39 is 34.3 Å². The van der Waals surface area contributed by atoms with Gasteiger partial charge in [-0.15, -0.1) is 0 Å². The van der Waals surface area contributed by atoms with Crippen LogP contribution in [-0.4, -0.2) is 50.5 Å². The molecule has 2 aromatic rings. The standard InChI is InChI=1S/C23H30FN3O4S/c1-5-20(23(29)25-6-2)26(15-18-11-9-10-17(3)14-18)22(28)16-27(32(4,30)31)21-13-8-7-12-19(21)24/h7-14,20H,5-6,15-16H2,1-4H3,(H,25,29)/t20-/m1/s1. The van der Waals surface area contributed by atoms with Crippen LogP contribution >= 0.6 is 0 Å². The quantitative estimate of drug-likeness (QED) is 0.587. The zero-order valence-electron chi connectivity index (χ0n) is 18.8. The molecular weight excluding hydrogens is 433 g/mol. The number of hydrogen-bond acceptors (Lipinski definition) is 4. The summed E-state index contributed by atoms with van der Waals surface area (Å²) in [5.41, 5.74) is 1.58. The molecule has 32 heavy (non-hydrogen) atoms. The smallest absolute Gasteiger partial charge is 0.244 e. The molecule has 0 spiro atoms. The molecule has 0 unspecified atom stereocenters. The van der Waals surface area contributed by atoms with Crippen molar-refractivity contribution in [1.82, 2.24) is 10.2 Å². The predicted octanol–water partition coefficient (Wildman–Crippen LogP) is 2.84. The largest absolute Gasteiger partial charge is 0.355 e. The molecule has 7 nitrogen and oxygen atoms in total. The number of carbonyl (C=O) groups is 2. The number of hydrogen-bond donors (Lipinski definition) is 1. The van der Waals surface area contributed by atoms with Crippen molar-refractivity contribution in [2.24, 2.45) is 0 Å². The van der Waals surface area contributed by atoms with Gasteiger partial charge in [0.15, 0.2) is 0 Å². The molecule has 2 rings (SSSR count). The van der Waals surface area contributed by atoms with Crippen LogP contribution in [0.3, 0.4) is 0 Å². The average Bonchev–Trinajstić information content (AvgIpc) is 2.72. The number of nitrogens with one attached hydrogen (secondary N) is 1. The van der Waals surface area contributed by atoms with Crippen LogP contribution < -0.4 is 9.62 Å². The van der Waals surface area contributed by atoms with Crippen molar-refractivity contribution in [3.63, 3.8) is 0 Å². The molecule has 0 saturated carbocycles. The Morgan fingerprint density at radius 1 is 1.09 bits per heavy atom. The summed E-state index contributed by atoms with van der Waals surface area (Å²) in [5.74, 6) is -1.68. The first-order chi connectivity index (χ1) is 15.1. The molecule has 0 saturated heterocycles. The number of carbonyl (C=O) groups excluding carboxylic acids is 2. The molecule has 2 amide bonds. The third kappa shape index (κ3) is 6.53. The van der Waals surface area contributed by atoms with E-state index >= 15 is 0 Å². The summed E-state index contributed by atoms with van der Waals surface area (Å²) in [4.78, 5) is 27.4. The summed E-state index contributed by atoms with van der Waals surface area (Å²) >= 11 is 0. The molecule has 0 aliphatic rings. The van der Waals surface area contributed by atoms with Gasteiger partial charge in [0.1, 0.15) is 18.4 Å². The highest BCUT2D eigenvalue weighted by molar-refractivity contribution is 7.92. The monoisotopic (exact) mass is 463 g/mol. The molecule has 0 fully saturated rings. The number of aryl methyl sites for hydroxylation is 1. The summed E-state index contributed by atoms with van der Waals surface area (Å²) < 4.78 is 40.0. The maximum absolute atomic E-state index is 14.4. The molecule has 9 heteroatoms. The van der Waals surface area contributed by atoms with E-state index in [9.17, 15) is 22.4 Å². The molecule has 0 radical (unpaired) electrons. The second-order valence-corrected chi connectivity index (χ2v) is 9.46. The second-order valence-electron chi connectivity index (χ2n) is 7.55. The van der Waals surface area contributed by atoms with Gasteiger partial charge >= 0.3 is 0 Å². The van der Waals surface area contributed by atoms with Crippen molar-refractivity contribution in [3.8, 4) is 0 Å². The van der Waals surface area contributed by atoms with Gasteiger partial charge in [0.2, 0.25) is 21.8 Å². The number of likely N-dealkylation sites (N-methyl/N-ethyl adjacent to an activating group) is 1. The van der Waals surface area contributed by atoms with Crippen LogP contribution in [0.25, 0.3) is 0 Å². The Balaban J connectivity index is 2.45. The van der Waals surface area contributed by atoms with Crippen molar-refractivity contribution in [2.75, 3.05) is 23.7 Å². The van der Waals surface area contributed by atoms with E-state index in [0.717, 1.165) is 27.8 Å². The van der Waals surface area contributed by atoms with E-state index in [0.29, 0.717) is 13.0 Å². The lowest BCUT2D eigenvalue weighted by atomic mass is 10.1. The molecule has 0 aliphatic heterocycles. The molecule has 174 valence electrons. The Morgan fingerprint density at radius 3 is 2.34 bits per heavy atom. The predicted molar refractivity (Wildman–Crippen MR) is 123 cm³/mol. The summed E-state index contributed by atoms with van der Waals surface area (Å²) in [6.45, 7) is 5.36. The van der Waals surface area contributed by atoms with Gasteiger partial charge in [-0.3, -0.25) is 13.9 Å². The molecule has 0 aliphatic carbocycles. The minimum Gasteiger partial charge on any atom is -0.355 e. The highest BCUT2D eigenvalue weighted by atomic mass is 32.2. The summed E-state index contributed by atoms with van der Waals surface area (Å²) in [7, 11) is -3.97. The van der Waals surface area contributed by atoms with Gasteiger partial charge in [0.25, 0.3) is 0 Å². The van der Waals surface area contributed by atoms with E-state index in [2.05, 4.69) is 5.32 Å². The van der Waals surface area contributed by atoms with Gasteiger partial charge in [0.05, 0.1) is 11.9 Å². The Morgan fingerprint density at radius 2 is 1.78 bits per heavy atom. The molecular formula is C23H30FN3O4S. The first kappa shape index (κ1) is 25.3. The molecule has 0 bridgehead atoms. The fourth-order valence-corrected chi connectivity index (χ4v) is 4.32. The van der Waals surface area contributed by atoms with Crippen LogP contribution in [0.1, 0.15) is 31.4 Å². The molecule has 1 N–H and O–H groups in total. The minimum atomic E-state index is -3.97. The van der Waals surface area contributed by atoms with Crippen LogP contribution in [0.15, 0.2) is 48.5 Å². The van der Waals surface area contributed by atoms with Gasteiger partial charge in [-0.25, -0.2) is 12.8 Å². The first-order valence-corrected chi connectivity index (χ1v) is 12.3. The number of sulfonamides is 1. The zero-order valence-corrected chi connectivity index (χ0v) is 19.7. The number of nitrogens with zero attached hydrogens (tertiary/aromatic N) is 2. The van der Waals surface area contributed by atoms with Gasteiger partial charge in [-0.1, -0.05) is 48.9 Å². The van der Waals surface area contributed by atoms with E-state index in [-0.39, 0.29) is 18.1 Å². The Bertz CT molecular complexity index is 1060. The number of anilines is 1. The SMILES string of the molecule is CCNC(=O)[C@@H](CC)N(Cc1cccc(C)c1)C(=O)CN(c1ccccc1F)S(C)(=O)=O. The maximum Gasteiger partial charge on any atom is 0.244 e. The van der Waals surface area contributed by atoms with Gasteiger partial charge in [-0.2, -0.15) is 0 Å². The number of benzene rings is 2. The van der Waals surface area contributed by atoms with Crippen molar-refractivity contribution in [3.05, 3.63) is 65.5 Å². The Kier molecular flexibility index (Phi) is 8.77. The van der Waals surface area contributed by atoms with E-state index in [4.69, 9.17) is 0 Å². The Hall–Kier alpha value is -2.94. The summed E-state index contributed by atoms with van der Waals surface area (Å²) in [5, 5.41) is 2.73. The Labute approximate surface area is 189 Å². The van der Waals surface area contributed by atoms with E-state index in [1.165, 1.54) is 23.1 Å². The average molecular weight is 464 g/mol. The van der Waals surface area contributed by atoms with Gasteiger partial charge < -0.3 is 10.2 Å². The lowest BCUT2D eigenvalue weighted by molar-refractivity contribution is -0.140. The normalized spacial score (nSPS) is 12.2. The third-order valence-electron chi connectivity index (χ3n) is 4.97. The topological polar surface area (TPSA) is 86.8 Å². The van der Waals surface area contributed by atoms with Crippen LogP contribution in [0.2, 0.25) is 0 Å². The summed E-state index contributed by atoms with van der Waals surface area (Å²) in [6.07, 6.45) is 1.25. The highest BCUT2D eigenvalue weighted by Gasteiger charge is 2.32. The fraction of sp³-hybridized carbons (Fsp3) is 0.391. The van der Waals surface area contributed by atoms with Crippen LogP contribution in [0, 0.1) is 12.7 Å². The molecule has 1 atom stereocenters. The third-order valence-corrected chi connectivity index (χ3v) is 6.10. The molecule has 0 heterocycles. The minimum absolute atomic E-state index is 0.116. The maximum atomic E-state index is 14.4. The van der Waals surface area contributed by atoms with Crippen molar-refractivity contribution < 1.29 is 22.4 Å². The number of amides is 2. The molecule has 0 aromatic heterocycles. The van der Waals surface area contributed by atoms with E-state index in [1.54, 1.807) is 13.8 Å².